The highest BCUT2D eigenvalue weighted by atomic mass is 127. The molecular formula is C25H29IO9. The summed E-state index contributed by atoms with van der Waals surface area (Å²) in [5.74, 6) is -0.186. The summed E-state index contributed by atoms with van der Waals surface area (Å²) in [4.78, 5) is 49.2. The summed E-state index contributed by atoms with van der Waals surface area (Å²) in [6.07, 6.45) is 2.28. The molecule has 5 atom stereocenters. The fourth-order valence-corrected chi connectivity index (χ4v) is 4.10. The predicted octanol–water partition coefficient (Wildman–Crippen LogP) is 2.60. The van der Waals surface area contributed by atoms with Crippen molar-refractivity contribution in [1.29, 1.82) is 0 Å². The number of rotatable bonds is 10. The number of terminal acetylenes is 1. The molecule has 1 aliphatic rings. The molecule has 0 bridgehead atoms. The largest absolute Gasteiger partial charge is 0.463 e. The second-order valence-corrected chi connectivity index (χ2v) is 9.52. The third-order valence-corrected chi connectivity index (χ3v) is 6.43. The summed E-state index contributed by atoms with van der Waals surface area (Å²) >= 11 is 2.15. The summed E-state index contributed by atoms with van der Waals surface area (Å²) in [5.41, 5.74) is -2.60. The maximum atomic E-state index is 13.0. The molecule has 0 aliphatic carbocycles. The summed E-state index contributed by atoms with van der Waals surface area (Å²) in [6.45, 7) is 6.49. The van der Waals surface area contributed by atoms with Crippen molar-refractivity contribution in [3.8, 4) is 12.3 Å². The molecule has 190 valence electrons. The van der Waals surface area contributed by atoms with Crippen LogP contribution in [0.5, 0.6) is 0 Å². The Morgan fingerprint density at radius 1 is 1.11 bits per heavy atom. The first-order valence-corrected chi connectivity index (χ1v) is 12.0. The van der Waals surface area contributed by atoms with Gasteiger partial charge in [0.05, 0.1) is 18.6 Å². The molecule has 35 heavy (non-hydrogen) atoms. The molecule has 1 fully saturated rings. The second-order valence-electron chi connectivity index (χ2n) is 8.28. The zero-order valence-corrected chi connectivity index (χ0v) is 22.4. The Morgan fingerprint density at radius 2 is 1.71 bits per heavy atom. The average molecular weight is 600 g/mol. The lowest BCUT2D eigenvalue weighted by atomic mass is 9.81. The van der Waals surface area contributed by atoms with Crippen molar-refractivity contribution in [2.75, 3.05) is 13.2 Å². The Labute approximate surface area is 218 Å². The molecule has 0 N–H and O–H groups in total. The van der Waals surface area contributed by atoms with Gasteiger partial charge in [-0.25, -0.2) is 4.79 Å². The number of Topliss-reactive ketones (excluding diaryl/α,β-unsaturated/α-hetero) is 1. The van der Waals surface area contributed by atoms with Gasteiger partial charge in [0.15, 0.2) is 11.9 Å². The minimum Gasteiger partial charge on any atom is -0.463 e. The Kier molecular flexibility index (Phi) is 9.83. The molecule has 0 amide bonds. The molecular weight excluding hydrogens is 571 g/mol. The fraction of sp³-hybridized carbons (Fsp3) is 0.520. The van der Waals surface area contributed by atoms with Crippen molar-refractivity contribution in [2.24, 2.45) is 5.41 Å². The normalized spacial score (nSPS) is 25.1. The SMILES string of the molecule is C#C[C@@]1(C)[C@@H](COC(Cc2ccc(I)cc2)(C(C)=O)C(=O)OCC)OC(OC(C)=O)[C@@H]1OC(C)=O. The first-order chi connectivity index (χ1) is 16.4. The molecule has 1 saturated heterocycles. The summed E-state index contributed by atoms with van der Waals surface area (Å²) in [7, 11) is 0. The van der Waals surface area contributed by atoms with Crippen molar-refractivity contribution < 1.29 is 42.9 Å². The Bertz CT molecular complexity index is 999. The van der Waals surface area contributed by atoms with Crippen molar-refractivity contribution >= 4 is 46.3 Å². The van der Waals surface area contributed by atoms with Crippen LogP contribution in [0.4, 0.5) is 0 Å². The molecule has 1 aliphatic heterocycles. The van der Waals surface area contributed by atoms with Gasteiger partial charge >= 0.3 is 17.9 Å². The van der Waals surface area contributed by atoms with Gasteiger partial charge in [-0.05, 0) is 61.1 Å². The number of hydrogen-bond donors (Lipinski definition) is 0. The van der Waals surface area contributed by atoms with E-state index in [0.29, 0.717) is 5.56 Å². The van der Waals surface area contributed by atoms with Crippen LogP contribution in [0.1, 0.15) is 40.2 Å². The number of ether oxygens (including phenoxy) is 5. The van der Waals surface area contributed by atoms with E-state index in [4.69, 9.17) is 30.1 Å². The van der Waals surface area contributed by atoms with E-state index in [9.17, 15) is 19.2 Å². The summed E-state index contributed by atoms with van der Waals surface area (Å²) < 4.78 is 28.5. The molecule has 0 radical (unpaired) electrons. The van der Waals surface area contributed by atoms with E-state index in [0.717, 1.165) is 3.57 Å². The summed E-state index contributed by atoms with van der Waals surface area (Å²) in [5, 5.41) is 0. The molecule has 9 nitrogen and oxygen atoms in total. The maximum absolute atomic E-state index is 13.0. The smallest absolute Gasteiger partial charge is 0.346 e. The highest BCUT2D eigenvalue weighted by molar-refractivity contribution is 14.1. The van der Waals surface area contributed by atoms with Gasteiger partial charge in [-0.3, -0.25) is 14.4 Å². The monoisotopic (exact) mass is 600 g/mol. The van der Waals surface area contributed by atoms with Gasteiger partial charge in [0.25, 0.3) is 0 Å². The molecule has 0 aromatic heterocycles. The number of halogens is 1. The van der Waals surface area contributed by atoms with Crippen LogP contribution in [-0.2, 0) is 49.3 Å². The van der Waals surface area contributed by atoms with Gasteiger partial charge < -0.3 is 23.7 Å². The second kappa shape index (κ2) is 12.0. The van der Waals surface area contributed by atoms with Gasteiger partial charge in [0.2, 0.25) is 11.9 Å². The third kappa shape index (κ3) is 6.59. The number of ketones is 1. The van der Waals surface area contributed by atoms with Crippen LogP contribution in [0.3, 0.4) is 0 Å². The molecule has 2 rings (SSSR count). The first-order valence-electron chi connectivity index (χ1n) is 10.9. The number of benzene rings is 1. The van der Waals surface area contributed by atoms with E-state index >= 15 is 0 Å². The fourth-order valence-electron chi connectivity index (χ4n) is 3.75. The van der Waals surface area contributed by atoms with Crippen molar-refractivity contribution in [3.63, 3.8) is 0 Å². The molecule has 10 heteroatoms. The molecule has 1 aromatic rings. The minimum atomic E-state index is -1.97. The number of hydrogen-bond acceptors (Lipinski definition) is 9. The van der Waals surface area contributed by atoms with Gasteiger partial charge in [-0.2, -0.15) is 0 Å². The quantitative estimate of drug-likeness (QED) is 0.132. The predicted molar refractivity (Wildman–Crippen MR) is 132 cm³/mol. The van der Waals surface area contributed by atoms with E-state index in [1.54, 1.807) is 26.0 Å². The molecule has 1 aromatic carbocycles. The Hall–Kier alpha value is -2.49. The van der Waals surface area contributed by atoms with E-state index < -0.39 is 53.2 Å². The van der Waals surface area contributed by atoms with Crippen LogP contribution in [0.15, 0.2) is 24.3 Å². The molecule has 1 heterocycles. The lowest BCUT2D eigenvalue weighted by molar-refractivity contribution is -0.201. The lowest BCUT2D eigenvalue weighted by Crippen LogP contribution is -2.53. The highest BCUT2D eigenvalue weighted by Crippen LogP contribution is 2.42. The molecule has 0 saturated carbocycles. The van der Waals surface area contributed by atoms with Gasteiger partial charge in [0.1, 0.15) is 6.10 Å². The molecule has 2 unspecified atom stereocenters. The maximum Gasteiger partial charge on any atom is 0.346 e. The zero-order valence-electron chi connectivity index (χ0n) is 20.3. The zero-order chi connectivity index (χ0) is 26.4. The van der Waals surface area contributed by atoms with Crippen molar-refractivity contribution in [3.05, 3.63) is 33.4 Å². The van der Waals surface area contributed by atoms with E-state index in [1.807, 2.05) is 12.1 Å². The topological polar surface area (TPSA) is 114 Å². The highest BCUT2D eigenvalue weighted by Gasteiger charge is 2.58. The summed E-state index contributed by atoms with van der Waals surface area (Å²) in [6, 6.07) is 7.25. The number of carbonyl (C=O) groups is 4. The first kappa shape index (κ1) is 28.7. The molecule has 0 spiro atoms. The van der Waals surface area contributed by atoms with E-state index in [1.165, 1.54) is 20.8 Å². The average Bonchev–Trinajstić information content (AvgIpc) is 3.03. The van der Waals surface area contributed by atoms with Crippen LogP contribution in [0.25, 0.3) is 0 Å². The van der Waals surface area contributed by atoms with Crippen LogP contribution in [0, 0.1) is 21.3 Å². The van der Waals surface area contributed by atoms with E-state index in [-0.39, 0.29) is 19.6 Å². The van der Waals surface area contributed by atoms with Crippen molar-refractivity contribution in [1.82, 2.24) is 0 Å². The van der Waals surface area contributed by atoms with Crippen LogP contribution >= 0.6 is 22.6 Å². The number of esters is 3. The van der Waals surface area contributed by atoms with E-state index in [2.05, 4.69) is 28.5 Å². The van der Waals surface area contributed by atoms with Gasteiger partial charge in [0, 0.05) is 23.8 Å². The van der Waals surface area contributed by atoms with Gasteiger partial charge in [-0.15, -0.1) is 6.42 Å². The van der Waals surface area contributed by atoms with Crippen molar-refractivity contribution in [2.45, 2.75) is 65.1 Å². The van der Waals surface area contributed by atoms with Gasteiger partial charge in [-0.1, -0.05) is 18.1 Å². The number of carbonyl (C=O) groups excluding carboxylic acids is 4. The third-order valence-electron chi connectivity index (χ3n) is 5.71. The van der Waals surface area contributed by atoms with Crippen LogP contribution in [0.2, 0.25) is 0 Å². The van der Waals surface area contributed by atoms with Crippen LogP contribution < -0.4 is 0 Å². The Morgan fingerprint density at radius 3 is 2.20 bits per heavy atom. The Balaban J connectivity index is 2.42. The van der Waals surface area contributed by atoms with Crippen LogP contribution in [-0.4, -0.2) is 61.0 Å². The lowest BCUT2D eigenvalue weighted by Gasteiger charge is -2.33. The minimum absolute atomic E-state index is 0.0367. The standard InChI is InChI=1S/C25H29IO9/c1-7-24(6)20(35-22(34-17(5)29)21(24)33-16(4)28)14-32-25(15(3)27,23(30)31-8-2)13-18-9-11-19(26)12-10-18/h1,9-12,20-22H,8,13-14H2,2-6H3/t20-,21+,22?,24+,25?/m1/s1.